The number of rotatable bonds is 10. The zero-order chi connectivity index (χ0) is 41.2. The number of carbonyl (C=O) groups excluding carboxylic acids is 7. The standard InChI is InChI=1S/C41H50O14/c1-22-33(50-25(4)43)19-32-36(52-27(6)45)18-31(21-49-24(3)42)35(55-37(48)17-16-30-14-12-11-13-15-30)20-34(51-26(5)44)23(2)39(53-28(7)46)40(54-29(8)47)38(22)41(32,9)10/h11-18,32-36,40H,19-21H2,1-10H3/t32-,33?,34?,35?,36?,40?/m1/s1. The molecule has 0 fully saturated rings. The van der Waals surface area contributed by atoms with Crippen molar-refractivity contribution in [2.45, 2.75) is 113 Å². The van der Waals surface area contributed by atoms with Gasteiger partial charge in [0.15, 0.2) is 11.9 Å². The second kappa shape index (κ2) is 19.2. The van der Waals surface area contributed by atoms with Crippen LogP contribution < -0.4 is 0 Å². The van der Waals surface area contributed by atoms with Crippen molar-refractivity contribution in [2.24, 2.45) is 11.3 Å². The minimum absolute atomic E-state index is 0.0932. The molecule has 0 radical (unpaired) electrons. The Morgan fingerprint density at radius 1 is 0.673 bits per heavy atom. The molecular formula is C41H50O14. The zero-order valence-electron chi connectivity index (χ0n) is 32.9. The second-order valence-electron chi connectivity index (χ2n) is 14.0. The van der Waals surface area contributed by atoms with Crippen LogP contribution in [0.2, 0.25) is 0 Å². The first-order valence-corrected chi connectivity index (χ1v) is 17.8. The molecule has 0 spiro atoms. The summed E-state index contributed by atoms with van der Waals surface area (Å²) in [6.45, 7) is 13.4. The number of benzene rings is 1. The molecule has 14 nitrogen and oxygen atoms in total. The maximum absolute atomic E-state index is 13.5. The summed E-state index contributed by atoms with van der Waals surface area (Å²) in [5.41, 5.74) is 0.698. The molecule has 0 aliphatic heterocycles. The highest BCUT2D eigenvalue weighted by Crippen LogP contribution is 2.52. The van der Waals surface area contributed by atoms with Gasteiger partial charge in [0.2, 0.25) is 0 Å². The lowest BCUT2D eigenvalue weighted by atomic mass is 9.60. The van der Waals surface area contributed by atoms with Gasteiger partial charge in [-0.2, -0.15) is 0 Å². The van der Waals surface area contributed by atoms with Gasteiger partial charge in [-0.3, -0.25) is 28.8 Å². The van der Waals surface area contributed by atoms with Crippen LogP contribution in [0.5, 0.6) is 0 Å². The van der Waals surface area contributed by atoms with Crippen molar-refractivity contribution >= 4 is 47.9 Å². The van der Waals surface area contributed by atoms with Crippen molar-refractivity contribution in [3.05, 3.63) is 76.1 Å². The second-order valence-corrected chi connectivity index (χ2v) is 14.0. The van der Waals surface area contributed by atoms with Crippen molar-refractivity contribution < 1.29 is 66.7 Å². The first kappa shape index (κ1) is 43.9. The van der Waals surface area contributed by atoms with Crippen LogP contribution in [-0.4, -0.2) is 78.9 Å². The first-order chi connectivity index (χ1) is 25.7. The van der Waals surface area contributed by atoms with Crippen LogP contribution in [0, 0.1) is 11.3 Å². The van der Waals surface area contributed by atoms with Crippen LogP contribution in [0.15, 0.2) is 70.5 Å². The van der Waals surface area contributed by atoms with Gasteiger partial charge in [0.05, 0.1) is 0 Å². The van der Waals surface area contributed by atoms with E-state index in [1.54, 1.807) is 45.0 Å². The molecule has 0 aromatic heterocycles. The molecule has 0 amide bonds. The quantitative estimate of drug-likeness (QED) is 0.127. The van der Waals surface area contributed by atoms with E-state index in [1.165, 1.54) is 45.9 Å². The van der Waals surface area contributed by atoms with Gasteiger partial charge < -0.3 is 33.2 Å². The third-order valence-corrected chi connectivity index (χ3v) is 9.35. The Morgan fingerprint density at radius 2 is 1.24 bits per heavy atom. The zero-order valence-corrected chi connectivity index (χ0v) is 32.9. The summed E-state index contributed by atoms with van der Waals surface area (Å²) in [5, 5.41) is 0. The highest BCUT2D eigenvalue weighted by Gasteiger charge is 2.51. The van der Waals surface area contributed by atoms with Gasteiger partial charge in [0.25, 0.3) is 0 Å². The van der Waals surface area contributed by atoms with E-state index in [0.29, 0.717) is 16.7 Å². The van der Waals surface area contributed by atoms with E-state index in [2.05, 4.69) is 0 Å². The molecule has 0 N–H and O–H groups in total. The van der Waals surface area contributed by atoms with Crippen molar-refractivity contribution in [1.29, 1.82) is 0 Å². The monoisotopic (exact) mass is 766 g/mol. The molecule has 6 atom stereocenters. The van der Waals surface area contributed by atoms with E-state index in [1.807, 2.05) is 6.07 Å². The van der Waals surface area contributed by atoms with E-state index in [-0.39, 0.29) is 29.7 Å². The molecule has 5 unspecified atom stereocenters. The van der Waals surface area contributed by atoms with Crippen LogP contribution >= 0.6 is 0 Å². The number of carbonyl (C=O) groups is 7. The molecule has 0 saturated heterocycles. The van der Waals surface area contributed by atoms with Gasteiger partial charge in [0, 0.05) is 71.1 Å². The SMILES string of the molecule is CC(=O)OCC1=CC(OC(C)=O)[C@H]2CC(OC(C)=O)C(C)=C(C(OC(C)=O)C(OC(C)=O)=C(C)C(OC(C)=O)CC1OC(=O)C=Cc1ccccc1)C2(C)C. The summed E-state index contributed by atoms with van der Waals surface area (Å²) in [6.07, 6.45) is -2.22. The molecule has 14 heteroatoms. The number of ether oxygens (including phenoxy) is 7. The van der Waals surface area contributed by atoms with Crippen LogP contribution in [0.4, 0.5) is 0 Å². The van der Waals surface area contributed by atoms with Crippen LogP contribution in [0.25, 0.3) is 6.08 Å². The summed E-state index contributed by atoms with van der Waals surface area (Å²) < 4.78 is 40.8. The number of fused-ring (bicyclic) bond motifs is 2. The van der Waals surface area contributed by atoms with Gasteiger partial charge in [-0.25, -0.2) is 4.79 Å². The highest BCUT2D eigenvalue weighted by molar-refractivity contribution is 5.87. The van der Waals surface area contributed by atoms with Gasteiger partial charge >= 0.3 is 41.8 Å². The molecule has 0 saturated carbocycles. The van der Waals surface area contributed by atoms with Crippen LogP contribution in [0.3, 0.4) is 0 Å². The largest absolute Gasteiger partial charge is 0.461 e. The van der Waals surface area contributed by atoms with Gasteiger partial charge in [-0.1, -0.05) is 44.2 Å². The molecule has 1 aromatic carbocycles. The number of hydrogen-bond acceptors (Lipinski definition) is 14. The Morgan fingerprint density at radius 3 is 1.76 bits per heavy atom. The predicted molar refractivity (Wildman–Crippen MR) is 196 cm³/mol. The third kappa shape index (κ3) is 12.2. The Labute approximate surface area is 320 Å². The highest BCUT2D eigenvalue weighted by atomic mass is 16.6. The molecule has 55 heavy (non-hydrogen) atoms. The number of esters is 7. The lowest BCUT2D eigenvalue weighted by molar-refractivity contribution is -0.156. The molecule has 1 aromatic rings. The average Bonchev–Trinajstić information content (AvgIpc) is 3.06. The number of hydrogen-bond donors (Lipinski definition) is 0. The molecule has 2 aliphatic rings. The molecule has 298 valence electrons. The lowest BCUT2D eigenvalue weighted by Gasteiger charge is -2.48. The van der Waals surface area contributed by atoms with E-state index < -0.39 is 90.2 Å². The fourth-order valence-electron chi connectivity index (χ4n) is 7.03. The molecule has 2 bridgehead atoms. The summed E-state index contributed by atoms with van der Waals surface area (Å²) >= 11 is 0. The molecular weight excluding hydrogens is 716 g/mol. The van der Waals surface area contributed by atoms with E-state index in [9.17, 15) is 33.6 Å². The average molecular weight is 767 g/mol. The Hall–Kier alpha value is -5.53. The van der Waals surface area contributed by atoms with Crippen LogP contribution in [-0.2, 0) is 66.7 Å². The summed E-state index contributed by atoms with van der Waals surface area (Å²) in [5.74, 6) is -6.12. The third-order valence-electron chi connectivity index (χ3n) is 9.35. The first-order valence-electron chi connectivity index (χ1n) is 17.8. The Balaban J connectivity index is 2.51. The van der Waals surface area contributed by atoms with Crippen molar-refractivity contribution in [2.75, 3.05) is 6.61 Å². The molecule has 0 heterocycles. The Bertz CT molecular complexity index is 1780. The Kier molecular flexibility index (Phi) is 15.3. The fourth-order valence-corrected chi connectivity index (χ4v) is 7.03. The summed E-state index contributed by atoms with van der Waals surface area (Å²) in [6, 6.07) is 8.94. The van der Waals surface area contributed by atoms with E-state index >= 15 is 0 Å². The van der Waals surface area contributed by atoms with E-state index in [4.69, 9.17) is 33.2 Å². The molecule has 2 aliphatic carbocycles. The summed E-state index contributed by atoms with van der Waals surface area (Å²) in [7, 11) is 0. The van der Waals surface area contributed by atoms with Gasteiger partial charge in [-0.15, -0.1) is 0 Å². The van der Waals surface area contributed by atoms with Crippen LogP contribution in [0.1, 0.15) is 87.6 Å². The maximum atomic E-state index is 13.5. The van der Waals surface area contributed by atoms with Crippen molar-refractivity contribution in [1.82, 2.24) is 0 Å². The normalized spacial score (nSPS) is 23.9. The van der Waals surface area contributed by atoms with Gasteiger partial charge in [0.1, 0.15) is 31.0 Å². The maximum Gasteiger partial charge on any atom is 0.331 e. The van der Waals surface area contributed by atoms with E-state index in [0.717, 1.165) is 20.8 Å². The minimum Gasteiger partial charge on any atom is -0.461 e. The fraction of sp³-hybridized carbons (Fsp3) is 0.488. The minimum atomic E-state index is -1.45. The van der Waals surface area contributed by atoms with Crippen molar-refractivity contribution in [3.8, 4) is 0 Å². The smallest absolute Gasteiger partial charge is 0.331 e. The molecule has 3 rings (SSSR count). The lowest BCUT2D eigenvalue weighted by Crippen LogP contribution is -2.49. The topological polar surface area (TPSA) is 184 Å². The van der Waals surface area contributed by atoms with Crippen molar-refractivity contribution in [3.63, 3.8) is 0 Å². The predicted octanol–water partition coefficient (Wildman–Crippen LogP) is 5.43. The summed E-state index contributed by atoms with van der Waals surface area (Å²) in [4.78, 5) is 89.4. The van der Waals surface area contributed by atoms with Gasteiger partial charge in [-0.05, 0) is 54.5 Å².